The molecule has 0 fully saturated rings. The van der Waals surface area contributed by atoms with Crippen LogP contribution in [0.1, 0.15) is 11.3 Å². The van der Waals surface area contributed by atoms with Gasteiger partial charge in [0.05, 0.1) is 6.20 Å². The summed E-state index contributed by atoms with van der Waals surface area (Å²) in [6.45, 7) is 3.93. The van der Waals surface area contributed by atoms with Crippen LogP contribution in [-0.4, -0.2) is 19.4 Å². The van der Waals surface area contributed by atoms with Gasteiger partial charge in [0.1, 0.15) is 16.5 Å². The first kappa shape index (κ1) is 11.2. The molecule has 0 aliphatic heterocycles. The fourth-order valence-corrected chi connectivity index (χ4v) is 2.13. The van der Waals surface area contributed by atoms with Crippen LogP contribution in [0.2, 0.25) is 5.15 Å². The molecule has 18 heavy (non-hydrogen) atoms. The lowest BCUT2D eigenvalue weighted by atomic mass is 10.3. The number of hydrogen-bond donors (Lipinski definition) is 0. The maximum absolute atomic E-state index is 5.97. The molecular weight excluding hydrogens is 248 g/mol. The number of nitrogens with zero attached hydrogens (tertiary/aromatic N) is 4. The fraction of sp³-hybridized carbons (Fsp3) is 0.154. The van der Waals surface area contributed by atoms with Gasteiger partial charge in [-0.1, -0.05) is 17.7 Å². The summed E-state index contributed by atoms with van der Waals surface area (Å²) >= 11 is 5.97. The highest BCUT2D eigenvalue weighted by Crippen LogP contribution is 2.20. The van der Waals surface area contributed by atoms with Gasteiger partial charge in [0.15, 0.2) is 5.82 Å². The summed E-state index contributed by atoms with van der Waals surface area (Å²) < 4.78 is 1.97. The summed E-state index contributed by atoms with van der Waals surface area (Å²) in [5.74, 6) is 0.595. The van der Waals surface area contributed by atoms with Crippen molar-refractivity contribution >= 4 is 17.2 Å². The second-order valence-electron chi connectivity index (χ2n) is 4.23. The molecule has 0 aliphatic carbocycles. The van der Waals surface area contributed by atoms with Crippen LogP contribution in [0.4, 0.5) is 0 Å². The molecule has 0 saturated carbocycles. The van der Waals surface area contributed by atoms with E-state index in [1.165, 1.54) is 0 Å². The lowest BCUT2D eigenvalue weighted by Crippen LogP contribution is -1.96. The van der Waals surface area contributed by atoms with Crippen LogP contribution in [0.5, 0.6) is 0 Å². The number of pyridine rings is 1. The van der Waals surface area contributed by atoms with Crippen LogP contribution in [0.15, 0.2) is 30.6 Å². The van der Waals surface area contributed by atoms with E-state index < -0.39 is 0 Å². The van der Waals surface area contributed by atoms with E-state index in [1.807, 2.05) is 36.6 Å². The van der Waals surface area contributed by atoms with E-state index in [0.717, 1.165) is 22.6 Å². The van der Waals surface area contributed by atoms with E-state index >= 15 is 0 Å². The highest BCUT2D eigenvalue weighted by molar-refractivity contribution is 6.29. The van der Waals surface area contributed by atoms with Crippen molar-refractivity contribution in [3.05, 3.63) is 47.0 Å². The van der Waals surface area contributed by atoms with Crippen LogP contribution in [0, 0.1) is 13.8 Å². The zero-order valence-electron chi connectivity index (χ0n) is 10.1. The standard InChI is InChI=1S/C13H11ClN4/c1-8-3-4-12-15-6-10(18(12)7-8)13-16-9(2)5-11(14)17-13/h3-7H,1-2H3. The lowest BCUT2D eigenvalue weighted by Gasteiger charge is -2.03. The zero-order valence-corrected chi connectivity index (χ0v) is 10.8. The molecule has 3 heterocycles. The molecule has 0 aromatic carbocycles. The van der Waals surface area contributed by atoms with Crippen molar-refractivity contribution in [2.45, 2.75) is 13.8 Å². The number of imidazole rings is 1. The van der Waals surface area contributed by atoms with Gasteiger partial charge in [-0.15, -0.1) is 0 Å². The molecule has 3 aromatic rings. The predicted molar refractivity (Wildman–Crippen MR) is 70.7 cm³/mol. The summed E-state index contributed by atoms with van der Waals surface area (Å²) in [7, 11) is 0. The van der Waals surface area contributed by atoms with Crippen LogP contribution in [0.25, 0.3) is 17.2 Å². The van der Waals surface area contributed by atoms with E-state index in [0.29, 0.717) is 11.0 Å². The summed E-state index contributed by atoms with van der Waals surface area (Å²) in [5.41, 5.74) is 3.71. The Hall–Kier alpha value is -1.94. The monoisotopic (exact) mass is 258 g/mol. The molecule has 5 heteroatoms. The molecule has 0 atom stereocenters. The molecule has 3 aromatic heterocycles. The first-order valence-electron chi connectivity index (χ1n) is 5.59. The number of fused-ring (bicyclic) bond motifs is 1. The second-order valence-corrected chi connectivity index (χ2v) is 4.62. The molecule has 0 spiro atoms. The number of aromatic nitrogens is 4. The third-order valence-corrected chi connectivity index (χ3v) is 2.90. The largest absolute Gasteiger partial charge is 0.297 e. The van der Waals surface area contributed by atoms with Gasteiger partial charge in [-0.3, -0.25) is 4.40 Å². The van der Waals surface area contributed by atoms with Crippen molar-refractivity contribution < 1.29 is 0 Å². The third-order valence-electron chi connectivity index (χ3n) is 2.71. The number of halogens is 1. The topological polar surface area (TPSA) is 43.1 Å². The first-order chi connectivity index (χ1) is 8.63. The van der Waals surface area contributed by atoms with Crippen molar-refractivity contribution in [2.75, 3.05) is 0 Å². The molecule has 90 valence electrons. The van der Waals surface area contributed by atoms with Gasteiger partial charge in [0.25, 0.3) is 0 Å². The summed E-state index contributed by atoms with van der Waals surface area (Å²) in [5, 5.41) is 0.445. The summed E-state index contributed by atoms with van der Waals surface area (Å²) in [6.07, 6.45) is 3.77. The Kier molecular flexibility index (Phi) is 2.52. The number of hydrogen-bond acceptors (Lipinski definition) is 3. The Morgan fingerprint density at radius 3 is 2.78 bits per heavy atom. The van der Waals surface area contributed by atoms with Crippen molar-refractivity contribution in [1.82, 2.24) is 19.4 Å². The Morgan fingerprint density at radius 1 is 1.17 bits per heavy atom. The molecule has 0 bridgehead atoms. The van der Waals surface area contributed by atoms with Crippen molar-refractivity contribution in [1.29, 1.82) is 0 Å². The van der Waals surface area contributed by atoms with Gasteiger partial charge in [0, 0.05) is 11.9 Å². The average molecular weight is 259 g/mol. The molecule has 0 aliphatic rings. The fourth-order valence-electron chi connectivity index (χ4n) is 1.90. The minimum absolute atomic E-state index is 0.445. The molecule has 0 radical (unpaired) electrons. The maximum Gasteiger partial charge on any atom is 0.179 e. The van der Waals surface area contributed by atoms with Gasteiger partial charge in [0.2, 0.25) is 0 Å². The number of aryl methyl sites for hydroxylation is 2. The Labute approximate surface area is 109 Å². The van der Waals surface area contributed by atoms with E-state index in [4.69, 9.17) is 11.6 Å². The van der Waals surface area contributed by atoms with Crippen molar-refractivity contribution in [2.24, 2.45) is 0 Å². The Bertz CT molecular complexity index is 713. The molecule has 4 nitrogen and oxygen atoms in total. The minimum atomic E-state index is 0.445. The molecule has 0 amide bonds. The van der Waals surface area contributed by atoms with E-state index in [1.54, 1.807) is 12.3 Å². The van der Waals surface area contributed by atoms with Crippen LogP contribution >= 0.6 is 11.6 Å². The van der Waals surface area contributed by atoms with Crippen LogP contribution < -0.4 is 0 Å². The van der Waals surface area contributed by atoms with Gasteiger partial charge in [-0.05, 0) is 31.5 Å². The highest BCUT2D eigenvalue weighted by Gasteiger charge is 2.10. The Morgan fingerprint density at radius 2 is 2.00 bits per heavy atom. The van der Waals surface area contributed by atoms with E-state index in [-0.39, 0.29) is 0 Å². The SMILES string of the molecule is Cc1ccc2ncc(-c3nc(C)cc(Cl)n3)n2c1. The smallest absolute Gasteiger partial charge is 0.179 e. The zero-order chi connectivity index (χ0) is 12.7. The third kappa shape index (κ3) is 1.84. The summed E-state index contributed by atoms with van der Waals surface area (Å²) in [4.78, 5) is 13.0. The van der Waals surface area contributed by atoms with Crippen LogP contribution in [0.3, 0.4) is 0 Å². The molecule has 0 unspecified atom stereocenters. The summed E-state index contributed by atoms with van der Waals surface area (Å²) in [6, 6.07) is 5.73. The maximum atomic E-state index is 5.97. The van der Waals surface area contributed by atoms with Gasteiger partial charge < -0.3 is 0 Å². The molecular formula is C13H11ClN4. The lowest BCUT2D eigenvalue weighted by molar-refractivity contribution is 1.07. The van der Waals surface area contributed by atoms with E-state index in [2.05, 4.69) is 15.0 Å². The molecule has 0 saturated heterocycles. The van der Waals surface area contributed by atoms with Gasteiger partial charge >= 0.3 is 0 Å². The second kappa shape index (κ2) is 4.07. The van der Waals surface area contributed by atoms with Crippen LogP contribution in [-0.2, 0) is 0 Å². The number of rotatable bonds is 1. The normalized spacial score (nSPS) is 11.1. The van der Waals surface area contributed by atoms with Crippen molar-refractivity contribution in [3.8, 4) is 11.5 Å². The van der Waals surface area contributed by atoms with Crippen molar-refractivity contribution in [3.63, 3.8) is 0 Å². The average Bonchev–Trinajstić information content (AvgIpc) is 2.70. The Balaban J connectivity index is 2.27. The van der Waals surface area contributed by atoms with Gasteiger partial charge in [-0.2, -0.15) is 0 Å². The quantitative estimate of drug-likeness (QED) is 0.630. The molecule has 0 N–H and O–H groups in total. The first-order valence-corrected chi connectivity index (χ1v) is 5.96. The van der Waals surface area contributed by atoms with Gasteiger partial charge in [-0.25, -0.2) is 15.0 Å². The highest BCUT2D eigenvalue weighted by atomic mass is 35.5. The van der Waals surface area contributed by atoms with E-state index in [9.17, 15) is 0 Å². The molecule has 3 rings (SSSR count). The minimum Gasteiger partial charge on any atom is -0.297 e. The predicted octanol–water partition coefficient (Wildman–Crippen LogP) is 3.06.